The van der Waals surface area contributed by atoms with Crippen LogP contribution < -0.4 is 5.32 Å². The normalized spacial score (nSPS) is 16.3. The minimum Gasteiger partial charge on any atom is -0.379 e. The summed E-state index contributed by atoms with van der Waals surface area (Å²) in [6, 6.07) is 7.92. The average Bonchev–Trinajstić information content (AvgIpc) is 2.40. The van der Waals surface area contributed by atoms with E-state index in [1.54, 1.807) is 0 Å². The lowest BCUT2D eigenvalue weighted by Gasteiger charge is -2.26. The van der Waals surface area contributed by atoms with Crippen LogP contribution in [0.4, 0.5) is 5.69 Å². The number of hydrogen-bond donors (Lipinski definition) is 1. The van der Waals surface area contributed by atoms with Gasteiger partial charge in [-0.1, -0.05) is 12.1 Å². The molecule has 0 unspecified atom stereocenters. The molecule has 1 aromatic rings. The summed E-state index contributed by atoms with van der Waals surface area (Å²) >= 11 is 0. The molecule has 0 aliphatic carbocycles. The largest absolute Gasteiger partial charge is 0.379 e. The number of methoxy groups -OCH3 is 1. The minimum atomic E-state index is -0.133. The first kappa shape index (κ1) is 14.0. The molecule has 5 nitrogen and oxygen atoms in total. The summed E-state index contributed by atoms with van der Waals surface area (Å²) in [5.74, 6) is -0.133. The maximum atomic E-state index is 11.5. The highest BCUT2D eigenvalue weighted by atomic mass is 16.5. The van der Waals surface area contributed by atoms with Gasteiger partial charge in [-0.05, 0) is 17.7 Å². The van der Waals surface area contributed by atoms with E-state index in [0.29, 0.717) is 0 Å². The molecular weight excluding hydrogens is 244 g/mol. The summed E-state index contributed by atoms with van der Waals surface area (Å²) in [6.07, 6.45) is 0. The number of morpholine rings is 1. The number of nitrogens with one attached hydrogen (secondary N) is 1. The molecule has 1 saturated heterocycles. The van der Waals surface area contributed by atoms with Crippen molar-refractivity contribution in [1.82, 2.24) is 4.90 Å². The van der Waals surface area contributed by atoms with Crippen LogP contribution in [0.2, 0.25) is 0 Å². The molecule has 0 atom stereocenters. The quantitative estimate of drug-likeness (QED) is 0.865. The van der Waals surface area contributed by atoms with Crippen LogP contribution in [-0.4, -0.2) is 50.8 Å². The Morgan fingerprint density at radius 1 is 1.42 bits per heavy atom. The SMILES string of the molecule is COCC(=O)Nc1cccc(CN2CCOCC2)c1. The van der Waals surface area contributed by atoms with Gasteiger partial charge in [0.25, 0.3) is 0 Å². The number of ether oxygens (including phenoxy) is 2. The van der Waals surface area contributed by atoms with Gasteiger partial charge >= 0.3 is 0 Å². The Morgan fingerprint density at radius 2 is 2.21 bits per heavy atom. The molecule has 1 aliphatic heterocycles. The third-order valence-corrected chi connectivity index (χ3v) is 3.00. The Balaban J connectivity index is 1.92. The monoisotopic (exact) mass is 264 g/mol. The van der Waals surface area contributed by atoms with Gasteiger partial charge in [0.15, 0.2) is 0 Å². The van der Waals surface area contributed by atoms with Gasteiger partial charge in [0.05, 0.1) is 13.2 Å². The number of carbonyl (C=O) groups excluding carboxylic acids is 1. The van der Waals surface area contributed by atoms with E-state index in [0.717, 1.165) is 38.5 Å². The molecule has 1 fully saturated rings. The summed E-state index contributed by atoms with van der Waals surface area (Å²) in [6.45, 7) is 4.47. The minimum absolute atomic E-state index is 0.0771. The standard InChI is InChI=1S/C14H20N2O3/c1-18-11-14(17)15-13-4-2-3-12(9-13)10-16-5-7-19-8-6-16/h2-4,9H,5-8,10-11H2,1H3,(H,15,17). The first-order valence-electron chi connectivity index (χ1n) is 6.46. The number of nitrogens with zero attached hydrogens (tertiary/aromatic N) is 1. The lowest BCUT2D eigenvalue weighted by molar-refractivity contribution is -0.119. The van der Waals surface area contributed by atoms with E-state index in [1.807, 2.05) is 18.2 Å². The van der Waals surface area contributed by atoms with Crippen molar-refractivity contribution in [3.63, 3.8) is 0 Å². The number of carbonyl (C=O) groups is 1. The fraction of sp³-hybridized carbons (Fsp3) is 0.500. The molecule has 1 N–H and O–H groups in total. The van der Waals surface area contributed by atoms with Crippen LogP contribution in [0.3, 0.4) is 0 Å². The van der Waals surface area contributed by atoms with E-state index in [2.05, 4.69) is 16.3 Å². The number of benzene rings is 1. The predicted molar refractivity (Wildman–Crippen MR) is 73.0 cm³/mol. The Bertz CT molecular complexity index is 417. The van der Waals surface area contributed by atoms with Gasteiger partial charge in [0.2, 0.25) is 5.91 Å². The molecule has 104 valence electrons. The van der Waals surface area contributed by atoms with E-state index in [-0.39, 0.29) is 12.5 Å². The molecule has 5 heteroatoms. The van der Waals surface area contributed by atoms with E-state index >= 15 is 0 Å². The number of anilines is 1. The van der Waals surface area contributed by atoms with Gasteiger partial charge in [0.1, 0.15) is 6.61 Å². The van der Waals surface area contributed by atoms with Crippen molar-refractivity contribution in [2.45, 2.75) is 6.54 Å². The summed E-state index contributed by atoms with van der Waals surface area (Å²) in [7, 11) is 1.51. The van der Waals surface area contributed by atoms with Crippen LogP contribution in [0.25, 0.3) is 0 Å². The Hall–Kier alpha value is -1.43. The molecular formula is C14H20N2O3. The van der Waals surface area contributed by atoms with Gasteiger partial charge in [-0.25, -0.2) is 0 Å². The maximum absolute atomic E-state index is 11.5. The Morgan fingerprint density at radius 3 is 2.95 bits per heavy atom. The van der Waals surface area contributed by atoms with Crippen LogP contribution >= 0.6 is 0 Å². The van der Waals surface area contributed by atoms with Gasteiger partial charge < -0.3 is 14.8 Å². The summed E-state index contributed by atoms with van der Waals surface area (Å²) < 4.78 is 10.1. The lowest BCUT2D eigenvalue weighted by atomic mass is 10.2. The molecule has 1 heterocycles. The van der Waals surface area contributed by atoms with E-state index in [9.17, 15) is 4.79 Å². The Kier molecular flexibility index (Phi) is 5.32. The number of hydrogen-bond acceptors (Lipinski definition) is 4. The molecule has 0 radical (unpaired) electrons. The van der Waals surface area contributed by atoms with E-state index in [4.69, 9.17) is 9.47 Å². The molecule has 0 spiro atoms. The van der Waals surface area contributed by atoms with Gasteiger partial charge in [-0.15, -0.1) is 0 Å². The van der Waals surface area contributed by atoms with Crippen molar-refractivity contribution in [2.75, 3.05) is 45.3 Å². The first-order valence-corrected chi connectivity index (χ1v) is 6.46. The molecule has 0 bridgehead atoms. The van der Waals surface area contributed by atoms with Crippen LogP contribution in [-0.2, 0) is 20.8 Å². The van der Waals surface area contributed by atoms with Crippen LogP contribution in [0, 0.1) is 0 Å². The van der Waals surface area contributed by atoms with Crippen molar-refractivity contribution in [3.8, 4) is 0 Å². The van der Waals surface area contributed by atoms with Crippen LogP contribution in [0.15, 0.2) is 24.3 Å². The summed E-state index contributed by atoms with van der Waals surface area (Å²) in [5.41, 5.74) is 2.00. The fourth-order valence-corrected chi connectivity index (χ4v) is 2.09. The second-order valence-corrected chi connectivity index (χ2v) is 4.57. The molecule has 1 amide bonds. The molecule has 2 rings (SSSR count). The molecule has 0 saturated carbocycles. The van der Waals surface area contributed by atoms with Crippen LogP contribution in [0.1, 0.15) is 5.56 Å². The topological polar surface area (TPSA) is 50.8 Å². The molecule has 1 aliphatic rings. The van der Waals surface area contributed by atoms with Crippen molar-refractivity contribution in [3.05, 3.63) is 29.8 Å². The smallest absolute Gasteiger partial charge is 0.250 e. The van der Waals surface area contributed by atoms with Crippen molar-refractivity contribution in [1.29, 1.82) is 0 Å². The van der Waals surface area contributed by atoms with E-state index in [1.165, 1.54) is 12.7 Å². The second-order valence-electron chi connectivity index (χ2n) is 4.57. The van der Waals surface area contributed by atoms with E-state index < -0.39 is 0 Å². The summed E-state index contributed by atoms with van der Waals surface area (Å²) in [4.78, 5) is 13.8. The second kappa shape index (κ2) is 7.23. The van der Waals surface area contributed by atoms with Gasteiger partial charge in [0, 0.05) is 32.4 Å². The fourth-order valence-electron chi connectivity index (χ4n) is 2.09. The number of amides is 1. The molecule has 0 aromatic heterocycles. The van der Waals surface area contributed by atoms with Crippen molar-refractivity contribution >= 4 is 11.6 Å². The average molecular weight is 264 g/mol. The maximum Gasteiger partial charge on any atom is 0.250 e. The predicted octanol–water partition coefficient (Wildman–Crippen LogP) is 1.10. The highest BCUT2D eigenvalue weighted by Crippen LogP contribution is 2.13. The van der Waals surface area contributed by atoms with Crippen LogP contribution in [0.5, 0.6) is 0 Å². The zero-order chi connectivity index (χ0) is 13.5. The molecule has 19 heavy (non-hydrogen) atoms. The highest BCUT2D eigenvalue weighted by molar-refractivity contribution is 5.91. The van der Waals surface area contributed by atoms with Crippen molar-refractivity contribution in [2.24, 2.45) is 0 Å². The highest BCUT2D eigenvalue weighted by Gasteiger charge is 2.11. The third kappa shape index (κ3) is 4.63. The third-order valence-electron chi connectivity index (χ3n) is 3.00. The molecule has 1 aromatic carbocycles. The van der Waals surface area contributed by atoms with Crippen molar-refractivity contribution < 1.29 is 14.3 Å². The number of rotatable bonds is 5. The lowest BCUT2D eigenvalue weighted by Crippen LogP contribution is -2.35. The zero-order valence-corrected chi connectivity index (χ0v) is 11.2. The zero-order valence-electron chi connectivity index (χ0n) is 11.2. The Labute approximate surface area is 113 Å². The summed E-state index contributed by atoms with van der Waals surface area (Å²) in [5, 5.41) is 2.81. The van der Waals surface area contributed by atoms with Gasteiger partial charge in [-0.2, -0.15) is 0 Å². The first-order chi connectivity index (χ1) is 9.28. The van der Waals surface area contributed by atoms with Gasteiger partial charge in [-0.3, -0.25) is 9.69 Å².